The summed E-state index contributed by atoms with van der Waals surface area (Å²) in [4.78, 5) is 18.4. The van der Waals surface area contributed by atoms with Crippen molar-refractivity contribution >= 4 is 11.8 Å². The molecule has 0 aromatic carbocycles. The number of aromatic carboxylic acids is 1. The molecular weight excluding hydrogens is 194 g/mol. The number of carboxylic acids is 1. The Bertz CT molecular complexity index is 363. The summed E-state index contributed by atoms with van der Waals surface area (Å²) >= 11 is 0. The fraction of sp³-hybridized carbons (Fsp3) is 0.500. The number of nitrogens with one attached hydrogen (secondary N) is 1. The first-order valence-corrected chi connectivity index (χ1v) is 4.78. The minimum atomic E-state index is -1.07. The van der Waals surface area contributed by atoms with Gasteiger partial charge in [0.1, 0.15) is 5.82 Å². The van der Waals surface area contributed by atoms with Crippen molar-refractivity contribution in [1.82, 2.24) is 9.97 Å². The normalized spacial score (nSPS) is 11.1. The van der Waals surface area contributed by atoms with Crippen LogP contribution in [-0.2, 0) is 0 Å². The summed E-state index contributed by atoms with van der Waals surface area (Å²) in [5, 5.41) is 11.9. The number of anilines is 1. The lowest BCUT2D eigenvalue weighted by atomic mass is 10.0. The molecule has 0 spiro atoms. The van der Waals surface area contributed by atoms with Crippen LogP contribution in [0.2, 0.25) is 0 Å². The van der Waals surface area contributed by atoms with Crippen molar-refractivity contribution in [3.05, 3.63) is 18.1 Å². The standard InChI is InChI=1S/C10H15N3O2/c1-4-10(2,3)13-8-6-11-5-7(12-8)9(14)15/h5-6H,4H2,1-3H3,(H,12,13)(H,14,15). The van der Waals surface area contributed by atoms with Crippen LogP contribution in [0.5, 0.6) is 0 Å². The van der Waals surface area contributed by atoms with Crippen molar-refractivity contribution in [1.29, 1.82) is 0 Å². The van der Waals surface area contributed by atoms with Crippen LogP contribution in [0.1, 0.15) is 37.7 Å². The Labute approximate surface area is 88.6 Å². The zero-order valence-electron chi connectivity index (χ0n) is 9.11. The fourth-order valence-corrected chi connectivity index (χ4v) is 0.964. The molecule has 0 saturated heterocycles. The summed E-state index contributed by atoms with van der Waals surface area (Å²) < 4.78 is 0. The van der Waals surface area contributed by atoms with Crippen LogP contribution in [0.3, 0.4) is 0 Å². The van der Waals surface area contributed by atoms with Gasteiger partial charge in [-0.15, -0.1) is 0 Å². The molecule has 0 saturated carbocycles. The van der Waals surface area contributed by atoms with Crippen molar-refractivity contribution in [2.45, 2.75) is 32.7 Å². The Morgan fingerprint density at radius 2 is 2.20 bits per heavy atom. The summed E-state index contributed by atoms with van der Waals surface area (Å²) in [7, 11) is 0. The van der Waals surface area contributed by atoms with E-state index in [0.29, 0.717) is 5.82 Å². The molecule has 0 radical (unpaired) electrons. The van der Waals surface area contributed by atoms with Crippen LogP contribution in [0.4, 0.5) is 5.82 Å². The van der Waals surface area contributed by atoms with Gasteiger partial charge in [-0.3, -0.25) is 4.98 Å². The van der Waals surface area contributed by atoms with Crippen molar-refractivity contribution in [3.8, 4) is 0 Å². The first-order chi connectivity index (χ1) is 6.94. The number of hydrogen-bond donors (Lipinski definition) is 2. The molecule has 82 valence electrons. The van der Waals surface area contributed by atoms with Gasteiger partial charge in [-0.05, 0) is 20.3 Å². The number of rotatable bonds is 4. The van der Waals surface area contributed by atoms with Crippen molar-refractivity contribution in [3.63, 3.8) is 0 Å². The Hall–Kier alpha value is -1.65. The summed E-state index contributed by atoms with van der Waals surface area (Å²) in [5.74, 6) is -0.581. The number of nitrogens with zero attached hydrogens (tertiary/aromatic N) is 2. The lowest BCUT2D eigenvalue weighted by Gasteiger charge is -2.24. The van der Waals surface area contributed by atoms with Gasteiger partial charge in [-0.2, -0.15) is 0 Å². The third kappa shape index (κ3) is 3.19. The van der Waals surface area contributed by atoms with Crippen molar-refractivity contribution < 1.29 is 9.90 Å². The van der Waals surface area contributed by atoms with E-state index in [0.717, 1.165) is 6.42 Å². The van der Waals surface area contributed by atoms with Gasteiger partial charge in [0, 0.05) is 5.54 Å². The highest BCUT2D eigenvalue weighted by Gasteiger charge is 2.16. The van der Waals surface area contributed by atoms with Crippen LogP contribution in [-0.4, -0.2) is 26.6 Å². The van der Waals surface area contributed by atoms with Crippen molar-refractivity contribution in [2.75, 3.05) is 5.32 Å². The first-order valence-electron chi connectivity index (χ1n) is 4.78. The molecule has 2 N–H and O–H groups in total. The van der Waals surface area contributed by atoms with Crippen LogP contribution in [0.25, 0.3) is 0 Å². The average molecular weight is 209 g/mol. The minimum Gasteiger partial charge on any atom is -0.476 e. The van der Waals surface area contributed by atoms with E-state index < -0.39 is 5.97 Å². The molecule has 1 heterocycles. The van der Waals surface area contributed by atoms with E-state index in [4.69, 9.17) is 5.11 Å². The molecular formula is C10H15N3O2. The summed E-state index contributed by atoms with van der Waals surface area (Å²) in [6.07, 6.45) is 3.66. The third-order valence-electron chi connectivity index (χ3n) is 2.20. The highest BCUT2D eigenvalue weighted by Crippen LogP contribution is 2.15. The maximum absolute atomic E-state index is 10.7. The Morgan fingerprint density at radius 3 is 2.73 bits per heavy atom. The Morgan fingerprint density at radius 1 is 1.53 bits per heavy atom. The molecule has 0 fully saturated rings. The van der Waals surface area contributed by atoms with E-state index in [1.807, 2.05) is 20.8 Å². The van der Waals surface area contributed by atoms with Gasteiger partial charge in [0.15, 0.2) is 5.69 Å². The van der Waals surface area contributed by atoms with Crippen molar-refractivity contribution in [2.24, 2.45) is 0 Å². The molecule has 1 aromatic rings. The fourth-order valence-electron chi connectivity index (χ4n) is 0.964. The second-order valence-corrected chi connectivity index (χ2v) is 3.96. The van der Waals surface area contributed by atoms with Crippen LogP contribution in [0.15, 0.2) is 12.4 Å². The van der Waals surface area contributed by atoms with Gasteiger partial charge in [0.25, 0.3) is 0 Å². The minimum absolute atomic E-state index is 0.0492. The summed E-state index contributed by atoms with van der Waals surface area (Å²) in [5.41, 5.74) is -0.168. The molecule has 0 aliphatic rings. The van der Waals surface area contributed by atoms with Crippen LogP contribution in [0, 0.1) is 0 Å². The maximum Gasteiger partial charge on any atom is 0.356 e. The molecule has 0 atom stereocenters. The molecule has 15 heavy (non-hydrogen) atoms. The second kappa shape index (κ2) is 4.25. The average Bonchev–Trinajstić information content (AvgIpc) is 2.17. The van der Waals surface area contributed by atoms with E-state index in [1.165, 1.54) is 12.4 Å². The zero-order chi connectivity index (χ0) is 11.5. The quantitative estimate of drug-likeness (QED) is 0.790. The molecule has 0 amide bonds. The van der Waals surface area contributed by atoms with Crippen LogP contribution < -0.4 is 5.32 Å². The molecule has 1 rings (SSSR count). The van der Waals surface area contributed by atoms with Gasteiger partial charge < -0.3 is 10.4 Å². The summed E-state index contributed by atoms with van der Waals surface area (Å²) in [6, 6.07) is 0. The molecule has 5 heteroatoms. The predicted octanol–water partition coefficient (Wildman–Crippen LogP) is 1.78. The molecule has 0 bridgehead atoms. The van der Waals surface area contributed by atoms with E-state index >= 15 is 0 Å². The maximum atomic E-state index is 10.7. The molecule has 1 aromatic heterocycles. The van der Waals surface area contributed by atoms with Gasteiger partial charge >= 0.3 is 5.97 Å². The predicted molar refractivity (Wildman–Crippen MR) is 57.0 cm³/mol. The highest BCUT2D eigenvalue weighted by molar-refractivity contribution is 5.85. The monoisotopic (exact) mass is 209 g/mol. The highest BCUT2D eigenvalue weighted by atomic mass is 16.4. The summed E-state index contributed by atoms with van der Waals surface area (Å²) in [6.45, 7) is 6.08. The smallest absolute Gasteiger partial charge is 0.356 e. The number of carboxylic acid groups (broad SMARTS) is 1. The first kappa shape index (κ1) is 11.4. The van der Waals surface area contributed by atoms with Gasteiger partial charge in [0.2, 0.25) is 0 Å². The van der Waals surface area contributed by atoms with Gasteiger partial charge in [-0.25, -0.2) is 9.78 Å². The third-order valence-corrected chi connectivity index (χ3v) is 2.20. The Balaban J connectivity index is 2.87. The largest absolute Gasteiger partial charge is 0.476 e. The topological polar surface area (TPSA) is 75.1 Å². The molecule has 0 unspecified atom stereocenters. The number of carbonyl (C=O) groups is 1. The van der Waals surface area contributed by atoms with E-state index in [1.54, 1.807) is 0 Å². The SMILES string of the molecule is CCC(C)(C)Nc1cncc(C(=O)O)n1. The number of aromatic nitrogens is 2. The van der Waals surface area contributed by atoms with Gasteiger partial charge in [-0.1, -0.05) is 6.92 Å². The van der Waals surface area contributed by atoms with E-state index in [9.17, 15) is 4.79 Å². The lowest BCUT2D eigenvalue weighted by molar-refractivity contribution is 0.0690. The molecule has 5 nitrogen and oxygen atoms in total. The number of hydrogen-bond acceptors (Lipinski definition) is 4. The van der Waals surface area contributed by atoms with E-state index in [-0.39, 0.29) is 11.2 Å². The van der Waals surface area contributed by atoms with Crippen LogP contribution >= 0.6 is 0 Å². The van der Waals surface area contributed by atoms with Gasteiger partial charge in [0.05, 0.1) is 12.4 Å². The lowest BCUT2D eigenvalue weighted by Crippen LogP contribution is -2.30. The second-order valence-electron chi connectivity index (χ2n) is 3.96. The van der Waals surface area contributed by atoms with E-state index in [2.05, 4.69) is 15.3 Å². The Kier molecular flexibility index (Phi) is 3.24. The molecule has 0 aliphatic carbocycles. The molecule has 0 aliphatic heterocycles. The zero-order valence-corrected chi connectivity index (χ0v) is 9.11.